The van der Waals surface area contributed by atoms with E-state index >= 15 is 0 Å². The van der Waals surface area contributed by atoms with Crippen molar-refractivity contribution in [2.45, 2.75) is 12.6 Å². The van der Waals surface area contributed by atoms with Gasteiger partial charge in [0.15, 0.2) is 0 Å². The van der Waals surface area contributed by atoms with E-state index in [2.05, 4.69) is 0 Å². The van der Waals surface area contributed by atoms with Crippen molar-refractivity contribution < 1.29 is 27.1 Å². The first-order chi connectivity index (χ1) is 6.32. The summed E-state index contributed by atoms with van der Waals surface area (Å²) in [5, 5.41) is 8.79. The molecule has 0 amide bonds. The van der Waals surface area contributed by atoms with Crippen LogP contribution in [0.5, 0.6) is 5.75 Å². The van der Waals surface area contributed by atoms with E-state index in [-0.39, 0.29) is 6.07 Å². The van der Waals surface area contributed by atoms with Gasteiger partial charge in [-0.25, -0.2) is 8.78 Å². The van der Waals surface area contributed by atoms with Crippen molar-refractivity contribution in [1.82, 2.24) is 0 Å². The quantitative estimate of drug-likeness (QED) is 0.707. The van der Waals surface area contributed by atoms with Crippen molar-refractivity contribution in [3.63, 3.8) is 0 Å². The average Bonchev–Trinajstić information content (AvgIpc) is 2.02. The molecule has 0 heterocycles. The summed E-state index contributed by atoms with van der Waals surface area (Å²) < 4.78 is 60.3. The van der Waals surface area contributed by atoms with Gasteiger partial charge in [0.1, 0.15) is 5.75 Å². The second-order valence-corrected chi connectivity index (χ2v) is 2.58. The van der Waals surface area contributed by atoms with E-state index in [1.54, 1.807) is 0 Å². The van der Waals surface area contributed by atoms with Crippen molar-refractivity contribution in [2.75, 3.05) is 0 Å². The molecule has 0 saturated carbocycles. The number of alkyl halides is 5. The van der Waals surface area contributed by atoms with Gasteiger partial charge in [0.2, 0.25) is 0 Å². The Balaban J connectivity index is 3.22. The molecule has 1 N–H and O–H groups in total. The van der Waals surface area contributed by atoms with E-state index in [9.17, 15) is 22.0 Å². The first kappa shape index (κ1) is 10.7. The predicted molar refractivity (Wildman–Crippen MR) is 38.1 cm³/mol. The molecule has 0 aliphatic carbocycles. The van der Waals surface area contributed by atoms with Crippen LogP contribution in [0.2, 0.25) is 0 Å². The molecule has 1 rings (SSSR count). The second-order valence-electron chi connectivity index (χ2n) is 2.58. The molecule has 0 bridgehead atoms. The van der Waals surface area contributed by atoms with Crippen molar-refractivity contribution in [3.05, 3.63) is 29.3 Å². The lowest BCUT2D eigenvalue weighted by Crippen LogP contribution is -2.06. The number of hydrogen-bond donors (Lipinski definition) is 1. The molecule has 6 heteroatoms. The van der Waals surface area contributed by atoms with E-state index in [0.29, 0.717) is 6.07 Å². The molecule has 0 atom stereocenters. The average molecular weight is 212 g/mol. The first-order valence-electron chi connectivity index (χ1n) is 3.50. The minimum Gasteiger partial charge on any atom is -0.507 e. The zero-order chi connectivity index (χ0) is 10.9. The summed E-state index contributed by atoms with van der Waals surface area (Å²) in [6.45, 7) is 0. The molecule has 0 aliphatic heterocycles. The summed E-state index contributed by atoms with van der Waals surface area (Å²) >= 11 is 0. The van der Waals surface area contributed by atoms with Crippen LogP contribution in [-0.4, -0.2) is 5.11 Å². The standard InChI is InChI=1S/C8H5F5O/c9-7(10)4-1-2-6(14)5(3-4)8(11,12)13/h1-3,7,14H. The molecule has 78 valence electrons. The van der Waals surface area contributed by atoms with E-state index in [0.717, 1.165) is 6.07 Å². The van der Waals surface area contributed by atoms with Crippen LogP contribution in [0, 0.1) is 0 Å². The highest BCUT2D eigenvalue weighted by Crippen LogP contribution is 2.37. The third-order valence-corrected chi connectivity index (χ3v) is 1.58. The summed E-state index contributed by atoms with van der Waals surface area (Å²) in [6, 6.07) is 1.58. The van der Waals surface area contributed by atoms with Crippen LogP contribution in [0.15, 0.2) is 18.2 Å². The van der Waals surface area contributed by atoms with Gasteiger partial charge in [-0.3, -0.25) is 0 Å². The van der Waals surface area contributed by atoms with Crippen LogP contribution in [-0.2, 0) is 6.18 Å². The van der Waals surface area contributed by atoms with E-state index in [4.69, 9.17) is 5.11 Å². The maximum atomic E-state index is 12.1. The van der Waals surface area contributed by atoms with Crippen molar-refractivity contribution in [2.24, 2.45) is 0 Å². The first-order valence-corrected chi connectivity index (χ1v) is 3.50. The van der Waals surface area contributed by atoms with Crippen LogP contribution >= 0.6 is 0 Å². The maximum absolute atomic E-state index is 12.1. The molecule has 1 nitrogen and oxygen atoms in total. The van der Waals surface area contributed by atoms with Crippen LogP contribution in [0.4, 0.5) is 22.0 Å². The number of benzene rings is 1. The Morgan fingerprint density at radius 1 is 1.14 bits per heavy atom. The summed E-state index contributed by atoms with van der Waals surface area (Å²) in [4.78, 5) is 0. The molecular formula is C8H5F5O. The highest BCUT2D eigenvalue weighted by molar-refractivity contribution is 5.38. The van der Waals surface area contributed by atoms with Gasteiger partial charge in [-0.05, 0) is 18.2 Å². The molecule has 1 aromatic rings. The van der Waals surface area contributed by atoms with Gasteiger partial charge in [0.25, 0.3) is 6.43 Å². The number of rotatable bonds is 1. The molecule has 0 saturated heterocycles. The predicted octanol–water partition coefficient (Wildman–Crippen LogP) is 3.35. The molecule has 0 aliphatic rings. The SMILES string of the molecule is Oc1ccc(C(F)F)cc1C(F)(F)F. The molecule has 0 radical (unpaired) electrons. The fourth-order valence-corrected chi connectivity index (χ4v) is 0.916. The Bertz CT molecular complexity index is 331. The molecule has 0 spiro atoms. The molecule has 0 unspecified atom stereocenters. The number of aromatic hydroxyl groups is 1. The fourth-order valence-electron chi connectivity index (χ4n) is 0.916. The van der Waals surface area contributed by atoms with E-state index in [1.165, 1.54) is 0 Å². The summed E-state index contributed by atoms with van der Waals surface area (Å²) in [5.41, 5.74) is -2.22. The summed E-state index contributed by atoms with van der Waals surface area (Å²) in [6.07, 6.45) is -7.81. The Labute approximate surface area is 75.8 Å². The molecule has 0 aromatic heterocycles. The zero-order valence-electron chi connectivity index (χ0n) is 6.65. The molecular weight excluding hydrogens is 207 g/mol. The van der Waals surface area contributed by atoms with Crippen LogP contribution in [0.1, 0.15) is 17.6 Å². The Morgan fingerprint density at radius 2 is 1.71 bits per heavy atom. The Morgan fingerprint density at radius 3 is 2.14 bits per heavy atom. The number of hydrogen-bond acceptors (Lipinski definition) is 1. The number of phenolic OH excluding ortho intramolecular Hbond substituents is 1. The van der Waals surface area contributed by atoms with Gasteiger partial charge in [-0.15, -0.1) is 0 Å². The van der Waals surface area contributed by atoms with Gasteiger partial charge in [0, 0.05) is 5.56 Å². The lowest BCUT2D eigenvalue weighted by Gasteiger charge is -2.10. The third kappa shape index (κ3) is 2.12. The zero-order valence-corrected chi connectivity index (χ0v) is 6.65. The maximum Gasteiger partial charge on any atom is 0.419 e. The topological polar surface area (TPSA) is 20.2 Å². The number of phenols is 1. The van der Waals surface area contributed by atoms with Crippen molar-refractivity contribution >= 4 is 0 Å². The number of halogens is 5. The van der Waals surface area contributed by atoms with Gasteiger partial charge >= 0.3 is 6.18 Å². The Hall–Kier alpha value is -1.33. The minimum absolute atomic E-state index is 0.236. The highest BCUT2D eigenvalue weighted by Gasteiger charge is 2.34. The van der Waals surface area contributed by atoms with Gasteiger partial charge in [-0.2, -0.15) is 13.2 Å². The normalized spacial score (nSPS) is 12.1. The second kappa shape index (κ2) is 3.43. The smallest absolute Gasteiger partial charge is 0.419 e. The monoisotopic (exact) mass is 212 g/mol. The lowest BCUT2D eigenvalue weighted by atomic mass is 10.1. The van der Waals surface area contributed by atoms with E-state index in [1.807, 2.05) is 0 Å². The molecule has 14 heavy (non-hydrogen) atoms. The highest BCUT2D eigenvalue weighted by atomic mass is 19.4. The fraction of sp³-hybridized carbons (Fsp3) is 0.250. The minimum atomic E-state index is -4.82. The lowest BCUT2D eigenvalue weighted by molar-refractivity contribution is -0.138. The Kier molecular flexibility index (Phi) is 2.64. The largest absolute Gasteiger partial charge is 0.507 e. The molecule has 1 aromatic carbocycles. The molecule has 0 fully saturated rings. The summed E-state index contributed by atoms with van der Waals surface area (Å²) in [7, 11) is 0. The van der Waals surface area contributed by atoms with Crippen LogP contribution in [0.3, 0.4) is 0 Å². The van der Waals surface area contributed by atoms with Crippen LogP contribution in [0.25, 0.3) is 0 Å². The third-order valence-electron chi connectivity index (χ3n) is 1.58. The van der Waals surface area contributed by atoms with E-state index < -0.39 is 29.5 Å². The summed E-state index contributed by atoms with van der Waals surface area (Å²) in [5.74, 6) is -1.05. The van der Waals surface area contributed by atoms with Crippen molar-refractivity contribution in [1.29, 1.82) is 0 Å². The van der Waals surface area contributed by atoms with Crippen LogP contribution < -0.4 is 0 Å². The van der Waals surface area contributed by atoms with Gasteiger partial charge in [0.05, 0.1) is 5.56 Å². The van der Waals surface area contributed by atoms with Crippen molar-refractivity contribution in [3.8, 4) is 5.75 Å². The van der Waals surface area contributed by atoms with Gasteiger partial charge in [-0.1, -0.05) is 0 Å². The van der Waals surface area contributed by atoms with Gasteiger partial charge < -0.3 is 5.11 Å².